The maximum atomic E-state index is 12.6. The van der Waals surface area contributed by atoms with Crippen molar-refractivity contribution in [2.45, 2.75) is 32.2 Å². The molecule has 1 saturated heterocycles. The maximum absolute atomic E-state index is 12.6. The number of rotatable bonds is 0. The van der Waals surface area contributed by atoms with Crippen LogP contribution in [-0.2, 0) is 10.9 Å². The third-order valence-corrected chi connectivity index (χ3v) is 3.72. The Balaban J connectivity index is 2.13. The maximum Gasteiger partial charge on any atom is 0.416 e. The Hall–Kier alpha value is -1.36. The van der Waals surface area contributed by atoms with Gasteiger partial charge in [-0.05, 0) is 31.5 Å². The van der Waals surface area contributed by atoms with Gasteiger partial charge in [0, 0.05) is 5.56 Å². The minimum atomic E-state index is -4.39. The van der Waals surface area contributed by atoms with Gasteiger partial charge in [0.15, 0.2) is 5.78 Å². The highest BCUT2D eigenvalue weighted by atomic mass is 19.4. The van der Waals surface area contributed by atoms with Crippen molar-refractivity contribution in [3.8, 4) is 0 Å². The quantitative estimate of drug-likeness (QED) is 0.666. The Morgan fingerprint density at radius 3 is 2.56 bits per heavy atom. The fourth-order valence-electron chi connectivity index (χ4n) is 2.56. The van der Waals surface area contributed by atoms with Crippen LogP contribution >= 0.6 is 0 Å². The third-order valence-electron chi connectivity index (χ3n) is 3.72. The molecule has 0 saturated carbocycles. The van der Waals surface area contributed by atoms with Crippen LogP contribution in [0.25, 0.3) is 0 Å². The molecule has 5 heteroatoms. The molecule has 2 atom stereocenters. The molecule has 2 aliphatic rings. The van der Waals surface area contributed by atoms with Crippen LogP contribution < -0.4 is 0 Å². The fourth-order valence-corrected chi connectivity index (χ4v) is 2.56. The van der Waals surface area contributed by atoms with Crippen molar-refractivity contribution in [1.82, 2.24) is 0 Å². The van der Waals surface area contributed by atoms with Crippen molar-refractivity contribution in [2.75, 3.05) is 0 Å². The van der Waals surface area contributed by atoms with Gasteiger partial charge in [0.25, 0.3) is 0 Å². The summed E-state index contributed by atoms with van der Waals surface area (Å²) in [6.07, 6.45) is -5.05. The molecule has 1 fully saturated rings. The molecule has 0 aromatic heterocycles. The van der Waals surface area contributed by atoms with E-state index in [4.69, 9.17) is 4.74 Å². The van der Waals surface area contributed by atoms with Crippen LogP contribution in [0.4, 0.5) is 13.2 Å². The standard InChI is InChI=1S/C13H11F3O2/c1-12(2)10(17)7-4-3-6(13(14,15)16)5-8(7)9-11(12)18-9/h3-5,9,11H,1-2H3/t9-,11-/m1/s1. The Morgan fingerprint density at radius 2 is 1.94 bits per heavy atom. The van der Waals surface area contributed by atoms with E-state index < -0.39 is 17.2 Å². The molecule has 96 valence electrons. The van der Waals surface area contributed by atoms with Gasteiger partial charge in [-0.25, -0.2) is 0 Å². The molecule has 0 amide bonds. The van der Waals surface area contributed by atoms with Crippen molar-refractivity contribution < 1.29 is 22.7 Å². The summed E-state index contributed by atoms with van der Waals surface area (Å²) in [4.78, 5) is 12.2. The minimum Gasteiger partial charge on any atom is -0.363 e. The highest BCUT2D eigenvalue weighted by molar-refractivity contribution is 6.03. The number of epoxide rings is 1. The molecule has 0 N–H and O–H groups in total. The first kappa shape index (κ1) is 11.7. The van der Waals surface area contributed by atoms with Crippen molar-refractivity contribution >= 4 is 5.78 Å². The highest BCUT2D eigenvalue weighted by Gasteiger charge is 2.59. The molecule has 2 nitrogen and oxygen atoms in total. The van der Waals surface area contributed by atoms with Crippen molar-refractivity contribution in [3.63, 3.8) is 0 Å². The average molecular weight is 256 g/mol. The summed E-state index contributed by atoms with van der Waals surface area (Å²) in [6, 6.07) is 3.25. The van der Waals surface area contributed by atoms with Gasteiger partial charge >= 0.3 is 6.18 Å². The lowest BCUT2D eigenvalue weighted by atomic mass is 9.73. The number of carbonyl (C=O) groups excluding carboxylic acids is 1. The molecule has 0 bridgehead atoms. The molecule has 0 radical (unpaired) electrons. The molecule has 0 spiro atoms. The fraction of sp³-hybridized carbons (Fsp3) is 0.462. The summed E-state index contributed by atoms with van der Waals surface area (Å²) in [5.74, 6) is -0.148. The molecule has 1 aliphatic carbocycles. The number of ether oxygens (including phenoxy) is 1. The van der Waals surface area contributed by atoms with Gasteiger partial charge in [0.05, 0.1) is 11.0 Å². The predicted molar refractivity (Wildman–Crippen MR) is 57.2 cm³/mol. The van der Waals surface area contributed by atoms with Gasteiger partial charge in [0.2, 0.25) is 0 Å². The molecular formula is C13H11F3O2. The number of ketones is 1. The summed E-state index contributed by atoms with van der Waals surface area (Å²) in [5.41, 5.74) is -0.661. The van der Waals surface area contributed by atoms with Crippen molar-refractivity contribution in [2.24, 2.45) is 5.41 Å². The molecule has 1 aromatic carbocycles. The average Bonchev–Trinajstić information content (AvgIpc) is 3.05. The number of benzene rings is 1. The van der Waals surface area contributed by atoms with E-state index in [1.165, 1.54) is 6.07 Å². The van der Waals surface area contributed by atoms with Crippen LogP contribution in [0.2, 0.25) is 0 Å². The summed E-state index contributed by atoms with van der Waals surface area (Å²) >= 11 is 0. The van der Waals surface area contributed by atoms with Crippen LogP contribution in [-0.4, -0.2) is 11.9 Å². The predicted octanol–water partition coefficient (Wildman–Crippen LogP) is 3.37. The number of Topliss-reactive ketones (excluding diaryl/α,β-unsaturated/α-hetero) is 1. The molecule has 1 aliphatic heterocycles. The summed E-state index contributed by atoms with van der Waals surface area (Å²) < 4.78 is 43.2. The first-order chi connectivity index (χ1) is 8.23. The highest BCUT2D eigenvalue weighted by Crippen LogP contribution is 2.55. The zero-order valence-electron chi connectivity index (χ0n) is 9.84. The van der Waals surface area contributed by atoms with E-state index in [0.717, 1.165) is 12.1 Å². The van der Waals surface area contributed by atoms with Crippen molar-refractivity contribution in [3.05, 3.63) is 34.9 Å². The number of hydrogen-bond acceptors (Lipinski definition) is 2. The molecule has 0 unspecified atom stereocenters. The van der Waals surface area contributed by atoms with E-state index in [-0.39, 0.29) is 18.0 Å². The molecule has 1 aromatic rings. The number of fused-ring (bicyclic) bond motifs is 3. The number of carbonyl (C=O) groups is 1. The smallest absolute Gasteiger partial charge is 0.363 e. The van der Waals surface area contributed by atoms with E-state index in [9.17, 15) is 18.0 Å². The lowest BCUT2D eigenvalue weighted by Crippen LogP contribution is -2.34. The van der Waals surface area contributed by atoms with Crippen LogP contribution in [0, 0.1) is 5.41 Å². The molecule has 1 heterocycles. The van der Waals surface area contributed by atoms with E-state index in [0.29, 0.717) is 11.1 Å². The lowest BCUT2D eigenvalue weighted by Gasteiger charge is -2.26. The second kappa shape index (κ2) is 3.15. The SMILES string of the molecule is CC1(C)C(=O)c2ccc(C(F)(F)F)cc2[C@H]2O[C@H]21. The molecule has 3 rings (SSSR count). The van der Waals surface area contributed by atoms with Gasteiger partial charge in [-0.15, -0.1) is 0 Å². The van der Waals surface area contributed by atoms with Crippen LogP contribution in [0.5, 0.6) is 0 Å². The normalized spacial score (nSPS) is 28.6. The second-order valence-corrected chi connectivity index (χ2v) is 5.33. The van der Waals surface area contributed by atoms with Crippen LogP contribution in [0.1, 0.15) is 41.4 Å². The first-order valence-electron chi connectivity index (χ1n) is 5.64. The Morgan fingerprint density at radius 1 is 1.28 bits per heavy atom. The first-order valence-corrected chi connectivity index (χ1v) is 5.64. The third kappa shape index (κ3) is 1.43. The van der Waals surface area contributed by atoms with Gasteiger partial charge in [-0.2, -0.15) is 13.2 Å². The van der Waals surface area contributed by atoms with E-state index in [2.05, 4.69) is 0 Å². The van der Waals surface area contributed by atoms with Gasteiger partial charge < -0.3 is 4.74 Å². The second-order valence-electron chi connectivity index (χ2n) is 5.33. The number of halogens is 3. The van der Waals surface area contributed by atoms with E-state index in [1.807, 2.05) is 0 Å². The largest absolute Gasteiger partial charge is 0.416 e. The Labute approximate surface area is 102 Å². The Bertz CT molecular complexity index is 546. The van der Waals surface area contributed by atoms with E-state index in [1.54, 1.807) is 13.8 Å². The summed E-state index contributed by atoms with van der Waals surface area (Å²) in [5, 5.41) is 0. The minimum absolute atomic E-state index is 0.148. The van der Waals surface area contributed by atoms with Crippen molar-refractivity contribution in [1.29, 1.82) is 0 Å². The summed E-state index contributed by atoms with van der Waals surface area (Å²) in [7, 11) is 0. The summed E-state index contributed by atoms with van der Waals surface area (Å²) in [6.45, 7) is 3.53. The number of hydrogen-bond donors (Lipinski definition) is 0. The van der Waals surface area contributed by atoms with Gasteiger partial charge in [0.1, 0.15) is 12.2 Å². The van der Waals surface area contributed by atoms with Crippen LogP contribution in [0.3, 0.4) is 0 Å². The molecule has 18 heavy (non-hydrogen) atoms. The topological polar surface area (TPSA) is 29.6 Å². The van der Waals surface area contributed by atoms with Gasteiger partial charge in [-0.1, -0.05) is 6.07 Å². The molecular weight excluding hydrogens is 245 g/mol. The van der Waals surface area contributed by atoms with E-state index >= 15 is 0 Å². The lowest BCUT2D eigenvalue weighted by molar-refractivity contribution is -0.137. The zero-order chi connectivity index (χ0) is 13.3. The Kier molecular flexibility index (Phi) is 2.05. The number of alkyl halides is 3. The monoisotopic (exact) mass is 256 g/mol. The zero-order valence-corrected chi connectivity index (χ0v) is 9.84. The van der Waals surface area contributed by atoms with Gasteiger partial charge in [-0.3, -0.25) is 4.79 Å². The van der Waals surface area contributed by atoms with Crippen LogP contribution in [0.15, 0.2) is 18.2 Å².